The highest BCUT2D eigenvalue weighted by Crippen LogP contribution is 2.34. The van der Waals surface area contributed by atoms with Crippen molar-refractivity contribution in [3.63, 3.8) is 0 Å². The van der Waals surface area contributed by atoms with Crippen LogP contribution in [-0.2, 0) is 21.2 Å². The number of benzene rings is 1. The second kappa shape index (κ2) is 4.52. The summed E-state index contributed by atoms with van der Waals surface area (Å²) in [5.74, 6) is 0.0361. The fourth-order valence-corrected chi connectivity index (χ4v) is 3.47. The number of hydrogen-bond donors (Lipinski definition) is 0. The summed E-state index contributed by atoms with van der Waals surface area (Å²) in [6, 6.07) is 3.69. The van der Waals surface area contributed by atoms with Crippen LogP contribution in [0.5, 0.6) is 0 Å². The second-order valence-electron chi connectivity index (χ2n) is 4.82. The fourth-order valence-electron chi connectivity index (χ4n) is 2.45. The molecule has 0 fully saturated rings. The molecule has 0 aliphatic carbocycles. The molecule has 0 bridgehead atoms. The lowest BCUT2D eigenvalue weighted by Crippen LogP contribution is -2.30. The molecule has 1 aromatic rings. The van der Waals surface area contributed by atoms with Crippen LogP contribution in [0.1, 0.15) is 18.1 Å². The number of likely N-dealkylation sites (N-methyl/N-ethyl adjacent to an activating group) is 1. The zero-order chi connectivity index (χ0) is 14.4. The molecule has 104 valence electrons. The van der Waals surface area contributed by atoms with Gasteiger partial charge in [0.2, 0.25) is 15.9 Å². The first-order valence-electron chi connectivity index (χ1n) is 6.13. The number of rotatable bonds is 3. The van der Waals surface area contributed by atoms with Crippen LogP contribution in [-0.4, -0.2) is 34.2 Å². The highest BCUT2D eigenvalue weighted by Gasteiger charge is 2.27. The van der Waals surface area contributed by atoms with E-state index in [1.165, 1.54) is 10.6 Å². The van der Waals surface area contributed by atoms with E-state index in [1.807, 2.05) is 19.1 Å². The predicted octanol–water partition coefficient (Wildman–Crippen LogP) is 1.30. The smallest absolute Gasteiger partial charge is 0.232 e. The molecule has 6 heteroatoms. The molecule has 0 unspecified atom stereocenters. The van der Waals surface area contributed by atoms with Crippen LogP contribution < -0.4 is 9.21 Å². The van der Waals surface area contributed by atoms with Gasteiger partial charge < -0.3 is 4.90 Å². The van der Waals surface area contributed by atoms with Gasteiger partial charge >= 0.3 is 0 Å². The summed E-state index contributed by atoms with van der Waals surface area (Å²) in [6.07, 6.45) is 1.53. The Morgan fingerprint density at radius 1 is 1.37 bits per heavy atom. The van der Waals surface area contributed by atoms with Crippen molar-refractivity contribution in [2.45, 2.75) is 20.3 Å². The van der Waals surface area contributed by atoms with Crippen molar-refractivity contribution in [1.29, 1.82) is 0 Å². The first-order chi connectivity index (χ1) is 8.75. The summed E-state index contributed by atoms with van der Waals surface area (Å²) in [5.41, 5.74) is 3.27. The lowest BCUT2D eigenvalue weighted by molar-refractivity contribution is -0.117. The van der Waals surface area contributed by atoms with Crippen molar-refractivity contribution in [2.24, 2.45) is 0 Å². The van der Waals surface area contributed by atoms with E-state index in [0.29, 0.717) is 18.7 Å². The van der Waals surface area contributed by atoms with Gasteiger partial charge in [0.15, 0.2) is 0 Å². The van der Waals surface area contributed by atoms with Gasteiger partial charge in [0.1, 0.15) is 0 Å². The SMILES string of the molecule is CCN(c1cc2c(cc1C)N(C)C(=O)C2)S(C)(=O)=O. The Labute approximate surface area is 113 Å². The van der Waals surface area contributed by atoms with Crippen LogP contribution >= 0.6 is 0 Å². The molecule has 2 rings (SSSR count). The summed E-state index contributed by atoms with van der Waals surface area (Å²) in [4.78, 5) is 13.3. The van der Waals surface area contributed by atoms with E-state index in [4.69, 9.17) is 0 Å². The number of carbonyl (C=O) groups excluding carboxylic acids is 1. The minimum absolute atomic E-state index is 0.0361. The van der Waals surface area contributed by atoms with Crippen LogP contribution in [0, 0.1) is 6.92 Å². The summed E-state index contributed by atoms with van der Waals surface area (Å²) < 4.78 is 25.0. The van der Waals surface area contributed by atoms with Crippen LogP contribution in [0.15, 0.2) is 12.1 Å². The molecule has 0 N–H and O–H groups in total. The molecule has 0 spiro atoms. The zero-order valence-electron chi connectivity index (χ0n) is 11.6. The van der Waals surface area contributed by atoms with Crippen molar-refractivity contribution in [3.8, 4) is 0 Å². The third kappa shape index (κ3) is 2.32. The van der Waals surface area contributed by atoms with Gasteiger partial charge in [0, 0.05) is 19.3 Å². The summed E-state index contributed by atoms with van der Waals surface area (Å²) in [5, 5.41) is 0. The minimum atomic E-state index is -3.30. The Balaban J connectivity index is 2.57. The van der Waals surface area contributed by atoms with E-state index in [-0.39, 0.29) is 5.91 Å². The molecule has 0 atom stereocenters. The highest BCUT2D eigenvalue weighted by atomic mass is 32.2. The average molecular weight is 282 g/mol. The molecule has 19 heavy (non-hydrogen) atoms. The lowest BCUT2D eigenvalue weighted by Gasteiger charge is -2.23. The largest absolute Gasteiger partial charge is 0.315 e. The summed E-state index contributed by atoms with van der Waals surface area (Å²) >= 11 is 0. The van der Waals surface area contributed by atoms with E-state index >= 15 is 0 Å². The lowest BCUT2D eigenvalue weighted by atomic mass is 10.1. The van der Waals surface area contributed by atoms with Crippen molar-refractivity contribution >= 4 is 27.3 Å². The molecule has 0 radical (unpaired) electrons. The highest BCUT2D eigenvalue weighted by molar-refractivity contribution is 7.92. The fraction of sp³-hybridized carbons (Fsp3) is 0.462. The number of amides is 1. The first-order valence-corrected chi connectivity index (χ1v) is 7.98. The number of hydrogen-bond acceptors (Lipinski definition) is 3. The molecule has 0 saturated heterocycles. The number of sulfonamides is 1. The van der Waals surface area contributed by atoms with Crippen LogP contribution in [0.2, 0.25) is 0 Å². The number of fused-ring (bicyclic) bond motifs is 1. The van der Waals surface area contributed by atoms with Gasteiger partial charge in [-0.2, -0.15) is 0 Å². The first kappa shape index (κ1) is 13.9. The Hall–Kier alpha value is -1.56. The predicted molar refractivity (Wildman–Crippen MR) is 76.2 cm³/mol. The van der Waals surface area contributed by atoms with Crippen molar-refractivity contribution in [1.82, 2.24) is 0 Å². The maximum absolute atomic E-state index is 11.8. The van der Waals surface area contributed by atoms with E-state index < -0.39 is 10.0 Å². The minimum Gasteiger partial charge on any atom is -0.315 e. The summed E-state index contributed by atoms with van der Waals surface area (Å²) in [6.45, 7) is 4.04. The van der Waals surface area contributed by atoms with E-state index in [9.17, 15) is 13.2 Å². The quantitative estimate of drug-likeness (QED) is 0.839. The Kier molecular flexibility index (Phi) is 3.30. The number of anilines is 2. The van der Waals surface area contributed by atoms with Gasteiger partial charge in [-0.15, -0.1) is 0 Å². The third-order valence-corrected chi connectivity index (χ3v) is 4.69. The standard InChI is InChI=1S/C13H18N2O3S/c1-5-15(19(4,17)18)11-7-10-8-13(16)14(3)12(10)6-9(11)2/h6-7H,5,8H2,1-4H3. The monoisotopic (exact) mass is 282 g/mol. The molecule has 0 saturated carbocycles. The molecular formula is C13H18N2O3S. The Morgan fingerprint density at radius 2 is 2.00 bits per heavy atom. The number of carbonyl (C=O) groups is 1. The maximum Gasteiger partial charge on any atom is 0.232 e. The zero-order valence-corrected chi connectivity index (χ0v) is 12.4. The van der Waals surface area contributed by atoms with E-state index in [0.717, 1.165) is 16.8 Å². The van der Waals surface area contributed by atoms with Crippen molar-refractivity contribution in [3.05, 3.63) is 23.3 Å². The molecule has 1 aliphatic rings. The summed E-state index contributed by atoms with van der Waals surface area (Å²) in [7, 11) is -1.56. The van der Waals surface area contributed by atoms with Crippen LogP contribution in [0.25, 0.3) is 0 Å². The van der Waals surface area contributed by atoms with Gasteiger partial charge in [0.25, 0.3) is 0 Å². The van der Waals surface area contributed by atoms with E-state index in [1.54, 1.807) is 18.9 Å². The number of nitrogens with zero attached hydrogens (tertiary/aromatic N) is 2. The second-order valence-corrected chi connectivity index (χ2v) is 6.73. The van der Waals surface area contributed by atoms with Crippen LogP contribution in [0.4, 0.5) is 11.4 Å². The topological polar surface area (TPSA) is 57.7 Å². The van der Waals surface area contributed by atoms with Gasteiger partial charge in [-0.3, -0.25) is 9.10 Å². The molecule has 5 nitrogen and oxygen atoms in total. The molecule has 1 amide bonds. The third-order valence-electron chi connectivity index (χ3n) is 3.43. The van der Waals surface area contributed by atoms with Crippen molar-refractivity contribution in [2.75, 3.05) is 29.1 Å². The Bertz CT molecular complexity index is 638. The van der Waals surface area contributed by atoms with E-state index in [2.05, 4.69) is 0 Å². The van der Waals surface area contributed by atoms with Gasteiger partial charge in [0.05, 0.1) is 18.4 Å². The average Bonchev–Trinajstić information content (AvgIpc) is 2.55. The Morgan fingerprint density at radius 3 is 2.53 bits per heavy atom. The van der Waals surface area contributed by atoms with Crippen LogP contribution in [0.3, 0.4) is 0 Å². The van der Waals surface area contributed by atoms with Gasteiger partial charge in [-0.1, -0.05) is 0 Å². The van der Waals surface area contributed by atoms with Gasteiger partial charge in [-0.25, -0.2) is 8.42 Å². The molecule has 0 aromatic heterocycles. The van der Waals surface area contributed by atoms with Crippen molar-refractivity contribution < 1.29 is 13.2 Å². The molecule has 1 aliphatic heterocycles. The molecular weight excluding hydrogens is 264 g/mol. The normalized spacial score (nSPS) is 14.7. The molecule has 1 aromatic carbocycles. The molecule has 1 heterocycles. The number of aryl methyl sites for hydroxylation is 1. The maximum atomic E-state index is 11.8. The van der Waals surface area contributed by atoms with Gasteiger partial charge in [-0.05, 0) is 37.1 Å².